The lowest BCUT2D eigenvalue weighted by Gasteiger charge is -2.19. The fourth-order valence-electron chi connectivity index (χ4n) is 2.08. The van der Waals surface area contributed by atoms with E-state index in [1.165, 1.54) is 17.3 Å². The Morgan fingerprint density at radius 2 is 1.79 bits per heavy atom. The van der Waals surface area contributed by atoms with Gasteiger partial charge in [0, 0.05) is 16.9 Å². The summed E-state index contributed by atoms with van der Waals surface area (Å²) < 4.78 is 0. The van der Waals surface area contributed by atoms with Gasteiger partial charge in [0.2, 0.25) is 0 Å². The lowest BCUT2D eigenvalue weighted by atomic mass is 9.87. The average Bonchev–Trinajstić information content (AvgIpc) is 2.45. The molecule has 1 aromatic carbocycles. The number of nitrogens with two attached hydrogens (primary N) is 1. The van der Waals surface area contributed by atoms with E-state index in [-0.39, 0.29) is 11.3 Å². The molecule has 0 bridgehead atoms. The lowest BCUT2D eigenvalue weighted by Crippen LogP contribution is -2.15. The van der Waals surface area contributed by atoms with Gasteiger partial charge in [-0.15, -0.1) is 0 Å². The van der Waals surface area contributed by atoms with Gasteiger partial charge in [0.25, 0.3) is 5.91 Å². The van der Waals surface area contributed by atoms with Gasteiger partial charge in [0.15, 0.2) is 5.16 Å². The summed E-state index contributed by atoms with van der Waals surface area (Å²) in [6.45, 7) is 10.5. The van der Waals surface area contributed by atoms with Crippen LogP contribution in [-0.2, 0) is 5.41 Å². The molecular weight excluding hydrogens is 320 g/mol. The largest absolute Gasteiger partial charge is 0.383 e. The van der Waals surface area contributed by atoms with Crippen molar-refractivity contribution in [3.63, 3.8) is 0 Å². The van der Waals surface area contributed by atoms with E-state index in [0.29, 0.717) is 27.6 Å². The van der Waals surface area contributed by atoms with Crippen molar-refractivity contribution in [3.05, 3.63) is 41.5 Å². The Bertz CT molecular complexity index is 721. The first-order chi connectivity index (χ1) is 11.1. The summed E-state index contributed by atoms with van der Waals surface area (Å²) in [5.74, 6) is 0.538. The van der Waals surface area contributed by atoms with Crippen molar-refractivity contribution < 1.29 is 4.79 Å². The highest BCUT2D eigenvalue weighted by Crippen LogP contribution is 2.24. The highest BCUT2D eigenvalue weighted by atomic mass is 32.2. The van der Waals surface area contributed by atoms with Crippen LogP contribution in [0.1, 0.15) is 50.5 Å². The minimum absolute atomic E-state index is 0.0546. The third-order valence-electron chi connectivity index (χ3n) is 3.32. The number of benzene rings is 1. The molecule has 3 N–H and O–H groups in total. The molecule has 0 fully saturated rings. The molecule has 2 aromatic rings. The molecule has 0 unspecified atom stereocenters. The zero-order valence-electron chi connectivity index (χ0n) is 14.8. The third-order valence-corrected chi connectivity index (χ3v) is 4.19. The summed E-state index contributed by atoms with van der Waals surface area (Å²) in [5.41, 5.74) is 7.62. The highest BCUT2D eigenvalue weighted by Gasteiger charge is 2.15. The van der Waals surface area contributed by atoms with Crippen LogP contribution < -0.4 is 11.1 Å². The second-order valence-corrected chi connectivity index (χ2v) is 8.45. The lowest BCUT2D eigenvalue weighted by molar-refractivity contribution is 0.102. The van der Waals surface area contributed by atoms with Crippen LogP contribution >= 0.6 is 11.8 Å². The summed E-state index contributed by atoms with van der Waals surface area (Å²) in [6.07, 6.45) is 0. The number of anilines is 2. The van der Waals surface area contributed by atoms with Crippen molar-refractivity contribution in [2.45, 2.75) is 50.4 Å². The maximum Gasteiger partial charge on any atom is 0.256 e. The molecule has 1 heterocycles. The summed E-state index contributed by atoms with van der Waals surface area (Å²) in [7, 11) is 0. The second kappa shape index (κ2) is 7.21. The van der Waals surface area contributed by atoms with Crippen LogP contribution in [0, 0.1) is 0 Å². The van der Waals surface area contributed by atoms with Gasteiger partial charge in [-0.3, -0.25) is 4.79 Å². The van der Waals surface area contributed by atoms with Crippen molar-refractivity contribution >= 4 is 29.3 Å². The Balaban J connectivity index is 2.16. The summed E-state index contributed by atoms with van der Waals surface area (Å²) >= 11 is 1.50. The van der Waals surface area contributed by atoms with E-state index in [9.17, 15) is 4.79 Å². The Morgan fingerprint density at radius 3 is 2.33 bits per heavy atom. The van der Waals surface area contributed by atoms with Crippen LogP contribution in [0.3, 0.4) is 0 Å². The van der Waals surface area contributed by atoms with E-state index in [4.69, 9.17) is 5.73 Å². The first-order valence-corrected chi connectivity index (χ1v) is 8.76. The van der Waals surface area contributed by atoms with Gasteiger partial charge in [-0.25, -0.2) is 9.97 Å². The molecular formula is C18H24N4OS. The van der Waals surface area contributed by atoms with E-state index in [0.717, 1.165) is 0 Å². The highest BCUT2D eigenvalue weighted by molar-refractivity contribution is 7.99. The van der Waals surface area contributed by atoms with Gasteiger partial charge in [-0.05, 0) is 23.1 Å². The minimum Gasteiger partial charge on any atom is -0.383 e. The average molecular weight is 344 g/mol. The molecule has 1 amide bonds. The molecule has 0 aliphatic rings. The number of rotatable bonds is 4. The predicted molar refractivity (Wildman–Crippen MR) is 101 cm³/mol. The van der Waals surface area contributed by atoms with E-state index in [1.807, 2.05) is 38.1 Å². The van der Waals surface area contributed by atoms with E-state index in [1.54, 1.807) is 6.07 Å². The van der Waals surface area contributed by atoms with Crippen molar-refractivity contribution in [2.24, 2.45) is 0 Å². The molecule has 6 heteroatoms. The molecule has 0 saturated carbocycles. The van der Waals surface area contributed by atoms with Gasteiger partial charge >= 0.3 is 0 Å². The molecule has 0 atom stereocenters. The van der Waals surface area contributed by atoms with Crippen LogP contribution in [0.15, 0.2) is 35.5 Å². The van der Waals surface area contributed by atoms with Crippen LogP contribution in [0.5, 0.6) is 0 Å². The number of nitrogens with zero attached hydrogens (tertiary/aromatic N) is 2. The number of carbonyl (C=O) groups is 1. The molecule has 0 spiro atoms. The topological polar surface area (TPSA) is 80.9 Å². The number of hydrogen-bond acceptors (Lipinski definition) is 5. The van der Waals surface area contributed by atoms with E-state index >= 15 is 0 Å². The van der Waals surface area contributed by atoms with Crippen molar-refractivity contribution in [2.75, 3.05) is 11.1 Å². The zero-order valence-corrected chi connectivity index (χ0v) is 15.6. The molecule has 5 nitrogen and oxygen atoms in total. The Hall–Kier alpha value is -2.08. The fourth-order valence-corrected chi connectivity index (χ4v) is 2.81. The van der Waals surface area contributed by atoms with Crippen LogP contribution in [-0.4, -0.2) is 21.1 Å². The van der Waals surface area contributed by atoms with E-state index in [2.05, 4.69) is 36.1 Å². The molecule has 1 aromatic heterocycles. The van der Waals surface area contributed by atoms with Crippen LogP contribution in [0.25, 0.3) is 0 Å². The quantitative estimate of drug-likeness (QED) is 0.644. The molecule has 0 radical (unpaired) electrons. The van der Waals surface area contributed by atoms with Crippen LogP contribution in [0.4, 0.5) is 11.6 Å². The maximum absolute atomic E-state index is 12.4. The number of carbonyl (C=O) groups excluding carboxylic acids is 1. The van der Waals surface area contributed by atoms with Crippen molar-refractivity contribution in [3.8, 4) is 0 Å². The smallest absolute Gasteiger partial charge is 0.256 e. The molecule has 0 aliphatic heterocycles. The van der Waals surface area contributed by atoms with E-state index < -0.39 is 0 Å². The van der Waals surface area contributed by atoms with Gasteiger partial charge in [0.1, 0.15) is 11.6 Å². The first kappa shape index (κ1) is 18.3. The number of thioether (sulfide) groups is 1. The SMILES string of the molecule is CC(C)Sc1nc(N)cc(NC(=O)c2ccc(C(C)(C)C)cc2)n1. The third kappa shape index (κ3) is 4.96. The number of nitrogen functional groups attached to an aromatic ring is 1. The summed E-state index contributed by atoms with van der Waals surface area (Å²) in [4.78, 5) is 20.9. The van der Waals surface area contributed by atoms with Crippen LogP contribution in [0.2, 0.25) is 0 Å². The van der Waals surface area contributed by atoms with Gasteiger partial charge in [-0.2, -0.15) is 0 Å². The Labute approximate surface area is 147 Å². The predicted octanol–water partition coefficient (Wildman–Crippen LogP) is 4.11. The number of amides is 1. The van der Waals surface area contributed by atoms with Gasteiger partial charge in [0.05, 0.1) is 0 Å². The molecule has 0 aliphatic carbocycles. The Morgan fingerprint density at radius 1 is 1.17 bits per heavy atom. The molecule has 2 rings (SSSR count). The normalized spacial score (nSPS) is 11.6. The fraction of sp³-hybridized carbons (Fsp3) is 0.389. The molecule has 0 saturated heterocycles. The van der Waals surface area contributed by atoms with Gasteiger partial charge in [-0.1, -0.05) is 58.5 Å². The van der Waals surface area contributed by atoms with Crippen molar-refractivity contribution in [1.82, 2.24) is 9.97 Å². The summed E-state index contributed by atoms with van der Waals surface area (Å²) in [6, 6.07) is 9.16. The minimum atomic E-state index is -0.214. The Kier molecular flexibility index (Phi) is 5.49. The first-order valence-electron chi connectivity index (χ1n) is 7.88. The molecule has 128 valence electrons. The number of hydrogen-bond donors (Lipinski definition) is 2. The summed E-state index contributed by atoms with van der Waals surface area (Å²) in [5, 5.41) is 3.68. The molecule has 24 heavy (non-hydrogen) atoms. The monoisotopic (exact) mass is 344 g/mol. The number of nitrogens with one attached hydrogen (secondary N) is 1. The number of aromatic nitrogens is 2. The van der Waals surface area contributed by atoms with Gasteiger partial charge < -0.3 is 11.1 Å². The maximum atomic E-state index is 12.4. The second-order valence-electron chi connectivity index (χ2n) is 6.91. The van der Waals surface area contributed by atoms with Crippen molar-refractivity contribution in [1.29, 1.82) is 0 Å². The standard InChI is InChI=1S/C18H24N4OS/c1-11(2)24-17-20-14(19)10-15(22-17)21-16(23)12-6-8-13(9-7-12)18(3,4)5/h6-11H,1-5H3,(H3,19,20,21,22,23). The zero-order chi connectivity index (χ0) is 17.9.